The highest BCUT2D eigenvalue weighted by Crippen LogP contribution is 2.47. The molecule has 0 bridgehead atoms. The molecule has 0 saturated carbocycles. The van der Waals surface area contributed by atoms with Crippen LogP contribution >= 0.6 is 11.3 Å². The van der Waals surface area contributed by atoms with Gasteiger partial charge in [0.2, 0.25) is 0 Å². The Kier molecular flexibility index (Phi) is 5.92. The molecule has 0 N–H and O–H groups in total. The lowest BCUT2D eigenvalue weighted by Crippen LogP contribution is -1.87. The van der Waals surface area contributed by atoms with Crippen molar-refractivity contribution in [3.05, 3.63) is 78.4 Å². The number of hydrogen-bond acceptors (Lipinski definition) is 5. The monoisotopic (exact) mass is 427 g/mol. The highest BCUT2D eigenvalue weighted by molar-refractivity contribution is 7.19. The van der Waals surface area contributed by atoms with E-state index in [0.29, 0.717) is 5.56 Å². The minimum Gasteiger partial charge on any atom is -0.497 e. The summed E-state index contributed by atoms with van der Waals surface area (Å²) < 4.78 is 15.9. The molecule has 4 aromatic rings. The van der Waals surface area contributed by atoms with Gasteiger partial charge in [0.15, 0.2) is 0 Å². The van der Waals surface area contributed by atoms with Gasteiger partial charge in [0.25, 0.3) is 0 Å². The average molecular weight is 428 g/mol. The van der Waals surface area contributed by atoms with Crippen molar-refractivity contribution in [3.8, 4) is 55.3 Å². The summed E-state index contributed by atoms with van der Waals surface area (Å²) >= 11 is 1.61. The van der Waals surface area contributed by atoms with Gasteiger partial charge in [0.05, 0.1) is 31.8 Å². The third-order valence-electron chi connectivity index (χ3n) is 5.10. The van der Waals surface area contributed by atoms with E-state index in [1.165, 1.54) is 0 Å². The van der Waals surface area contributed by atoms with Crippen LogP contribution in [0.3, 0.4) is 0 Å². The number of ether oxygens (including phenoxy) is 3. The number of rotatable bonds is 6. The van der Waals surface area contributed by atoms with Crippen molar-refractivity contribution in [2.75, 3.05) is 21.3 Å². The molecule has 0 unspecified atom stereocenters. The van der Waals surface area contributed by atoms with Gasteiger partial charge in [-0.2, -0.15) is 5.26 Å². The standard InChI is InChI=1S/C26H21NO3S/c1-28-20-10-4-17(5-11-20)24-23(16-27)25(18-6-12-21(29-2)13-7-18)31-26(24)19-8-14-22(30-3)15-9-19/h4-15H,1-3H3. The molecular weight excluding hydrogens is 406 g/mol. The first-order chi connectivity index (χ1) is 15.2. The predicted octanol–water partition coefficient (Wildman–Crippen LogP) is 6.65. The Hall–Kier alpha value is -3.75. The van der Waals surface area contributed by atoms with Gasteiger partial charge in [-0.15, -0.1) is 11.3 Å². The molecule has 0 atom stereocenters. The molecule has 0 saturated heterocycles. The maximum atomic E-state index is 10.2. The fraction of sp³-hybridized carbons (Fsp3) is 0.115. The Morgan fingerprint density at radius 1 is 0.581 bits per heavy atom. The summed E-state index contributed by atoms with van der Waals surface area (Å²) in [4.78, 5) is 1.97. The van der Waals surface area contributed by atoms with Crippen LogP contribution < -0.4 is 14.2 Å². The van der Waals surface area contributed by atoms with Gasteiger partial charge >= 0.3 is 0 Å². The van der Waals surface area contributed by atoms with E-state index in [1.54, 1.807) is 32.7 Å². The van der Waals surface area contributed by atoms with E-state index in [2.05, 4.69) is 6.07 Å². The van der Waals surface area contributed by atoms with Gasteiger partial charge in [-0.05, 0) is 77.4 Å². The maximum absolute atomic E-state index is 10.2. The van der Waals surface area contributed by atoms with Crippen LogP contribution in [0.25, 0.3) is 32.0 Å². The highest BCUT2D eigenvalue weighted by atomic mass is 32.1. The lowest BCUT2D eigenvalue weighted by atomic mass is 9.96. The molecule has 0 aliphatic rings. The summed E-state index contributed by atoms with van der Waals surface area (Å²) in [5.41, 5.74) is 4.57. The van der Waals surface area contributed by atoms with Gasteiger partial charge in [-0.1, -0.05) is 12.1 Å². The van der Waals surface area contributed by atoms with Crippen molar-refractivity contribution < 1.29 is 14.2 Å². The zero-order valence-corrected chi connectivity index (χ0v) is 18.3. The minimum atomic E-state index is 0.658. The third kappa shape index (κ3) is 3.98. The first kappa shape index (κ1) is 20.5. The van der Waals surface area contributed by atoms with E-state index >= 15 is 0 Å². The van der Waals surface area contributed by atoms with Crippen LogP contribution in [0.1, 0.15) is 5.56 Å². The summed E-state index contributed by atoms with van der Waals surface area (Å²) in [7, 11) is 4.94. The van der Waals surface area contributed by atoms with Crippen molar-refractivity contribution >= 4 is 11.3 Å². The minimum absolute atomic E-state index is 0.658. The van der Waals surface area contributed by atoms with E-state index < -0.39 is 0 Å². The summed E-state index contributed by atoms with van der Waals surface area (Å²) in [6.45, 7) is 0. The molecule has 4 rings (SSSR count). The molecule has 3 aromatic carbocycles. The van der Waals surface area contributed by atoms with E-state index in [0.717, 1.165) is 49.3 Å². The number of nitriles is 1. The fourth-order valence-electron chi connectivity index (χ4n) is 3.46. The molecule has 0 spiro atoms. The first-order valence-electron chi connectivity index (χ1n) is 9.68. The van der Waals surface area contributed by atoms with E-state index in [1.807, 2.05) is 72.8 Å². The maximum Gasteiger partial charge on any atom is 0.118 e. The molecule has 4 nitrogen and oxygen atoms in total. The second-order valence-electron chi connectivity index (χ2n) is 6.81. The second kappa shape index (κ2) is 8.95. The molecule has 1 aromatic heterocycles. The van der Waals surface area contributed by atoms with Gasteiger partial charge in [-0.3, -0.25) is 0 Å². The summed E-state index contributed by atoms with van der Waals surface area (Å²) in [5.74, 6) is 2.35. The smallest absolute Gasteiger partial charge is 0.118 e. The lowest BCUT2D eigenvalue weighted by molar-refractivity contribution is 0.414. The first-order valence-corrected chi connectivity index (χ1v) is 10.5. The number of nitrogens with zero attached hydrogens (tertiary/aromatic N) is 1. The van der Waals surface area contributed by atoms with E-state index in [4.69, 9.17) is 14.2 Å². The van der Waals surface area contributed by atoms with Crippen LogP contribution in [0.5, 0.6) is 17.2 Å². The molecule has 0 aliphatic carbocycles. The molecule has 0 fully saturated rings. The molecule has 0 radical (unpaired) electrons. The van der Waals surface area contributed by atoms with Crippen LogP contribution in [0.15, 0.2) is 72.8 Å². The Morgan fingerprint density at radius 2 is 0.968 bits per heavy atom. The Bertz CT molecular complexity index is 1220. The Labute approximate surface area is 185 Å². The fourth-order valence-corrected chi connectivity index (χ4v) is 4.75. The lowest BCUT2D eigenvalue weighted by Gasteiger charge is -2.08. The molecule has 1 heterocycles. The van der Waals surface area contributed by atoms with Crippen LogP contribution in [0, 0.1) is 11.3 Å². The van der Waals surface area contributed by atoms with Crippen LogP contribution in [0.2, 0.25) is 0 Å². The molecule has 5 heteroatoms. The van der Waals surface area contributed by atoms with Crippen molar-refractivity contribution in [2.45, 2.75) is 0 Å². The van der Waals surface area contributed by atoms with Crippen molar-refractivity contribution in [3.63, 3.8) is 0 Å². The van der Waals surface area contributed by atoms with E-state index in [9.17, 15) is 5.26 Å². The SMILES string of the molecule is COc1ccc(-c2sc(-c3ccc(OC)cc3)c(-c3ccc(OC)cc3)c2C#N)cc1. The Balaban J connectivity index is 1.94. The normalized spacial score (nSPS) is 10.4. The number of methoxy groups -OCH3 is 3. The second-order valence-corrected chi connectivity index (χ2v) is 7.83. The summed E-state index contributed by atoms with van der Waals surface area (Å²) in [6, 6.07) is 26.0. The van der Waals surface area contributed by atoms with Gasteiger partial charge in [0, 0.05) is 10.4 Å². The zero-order valence-electron chi connectivity index (χ0n) is 17.5. The van der Waals surface area contributed by atoms with E-state index in [-0.39, 0.29) is 0 Å². The van der Waals surface area contributed by atoms with Gasteiger partial charge < -0.3 is 14.2 Å². The number of benzene rings is 3. The summed E-state index contributed by atoms with van der Waals surface area (Å²) in [5, 5.41) is 10.2. The van der Waals surface area contributed by atoms with Crippen LogP contribution in [0.4, 0.5) is 0 Å². The quantitative estimate of drug-likeness (QED) is 0.346. The molecule has 154 valence electrons. The molecule has 31 heavy (non-hydrogen) atoms. The van der Waals surface area contributed by atoms with Crippen molar-refractivity contribution in [2.24, 2.45) is 0 Å². The predicted molar refractivity (Wildman–Crippen MR) is 125 cm³/mol. The number of thiophene rings is 1. The third-order valence-corrected chi connectivity index (χ3v) is 6.39. The van der Waals surface area contributed by atoms with Crippen molar-refractivity contribution in [1.29, 1.82) is 5.26 Å². The molecule has 0 aliphatic heterocycles. The van der Waals surface area contributed by atoms with Gasteiger partial charge in [0.1, 0.15) is 23.3 Å². The average Bonchev–Trinajstić information content (AvgIpc) is 3.23. The number of hydrogen-bond donors (Lipinski definition) is 0. The van der Waals surface area contributed by atoms with Gasteiger partial charge in [-0.25, -0.2) is 0 Å². The highest BCUT2D eigenvalue weighted by Gasteiger charge is 2.22. The van der Waals surface area contributed by atoms with Crippen LogP contribution in [-0.2, 0) is 0 Å². The summed E-state index contributed by atoms with van der Waals surface area (Å²) in [6.07, 6.45) is 0. The van der Waals surface area contributed by atoms with Crippen molar-refractivity contribution in [1.82, 2.24) is 0 Å². The molecular formula is C26H21NO3S. The Morgan fingerprint density at radius 3 is 1.35 bits per heavy atom. The zero-order chi connectivity index (χ0) is 21.8. The topological polar surface area (TPSA) is 51.5 Å². The van der Waals surface area contributed by atoms with Crippen LogP contribution in [-0.4, -0.2) is 21.3 Å². The molecule has 0 amide bonds. The largest absolute Gasteiger partial charge is 0.497 e.